The Morgan fingerprint density at radius 3 is 2.39 bits per heavy atom. The number of rotatable bonds is 5. The van der Waals surface area contributed by atoms with Gasteiger partial charge in [0.2, 0.25) is 0 Å². The molecule has 1 saturated heterocycles. The van der Waals surface area contributed by atoms with Crippen molar-refractivity contribution in [1.29, 1.82) is 0 Å². The average molecular weight is 330 g/mol. The first-order chi connectivity index (χ1) is 10.8. The molecule has 0 amide bonds. The van der Waals surface area contributed by atoms with E-state index in [1.165, 1.54) is 7.11 Å². The molecule has 0 radical (unpaired) electrons. The van der Waals surface area contributed by atoms with Gasteiger partial charge in [-0.3, -0.25) is 4.90 Å². The molecule has 1 N–H and O–H groups in total. The van der Waals surface area contributed by atoms with Gasteiger partial charge >= 0.3 is 6.18 Å². The maximum absolute atomic E-state index is 12.9. The Morgan fingerprint density at radius 1 is 1.22 bits per heavy atom. The molecule has 1 fully saturated rings. The molecule has 6 heteroatoms. The van der Waals surface area contributed by atoms with E-state index in [2.05, 4.69) is 24.1 Å². The summed E-state index contributed by atoms with van der Waals surface area (Å²) in [5.74, 6) is 0.769. The third-order valence-corrected chi connectivity index (χ3v) is 4.21. The van der Waals surface area contributed by atoms with Gasteiger partial charge in [-0.2, -0.15) is 13.2 Å². The van der Waals surface area contributed by atoms with Crippen LogP contribution in [0.2, 0.25) is 0 Å². The summed E-state index contributed by atoms with van der Waals surface area (Å²) in [6.45, 7) is 7.84. The molecular formula is C17H25F3N2O. The van der Waals surface area contributed by atoms with Crippen molar-refractivity contribution in [3.05, 3.63) is 29.3 Å². The first-order valence-electron chi connectivity index (χ1n) is 8.02. The Morgan fingerprint density at radius 2 is 1.87 bits per heavy atom. The fourth-order valence-electron chi connectivity index (χ4n) is 3.08. The number of hydrogen-bond donors (Lipinski definition) is 1. The van der Waals surface area contributed by atoms with Crippen LogP contribution in [0.5, 0.6) is 5.75 Å². The van der Waals surface area contributed by atoms with Crippen molar-refractivity contribution in [2.24, 2.45) is 5.92 Å². The number of nitrogens with one attached hydrogen (secondary N) is 1. The number of nitrogens with zero attached hydrogens (tertiary/aromatic N) is 1. The smallest absolute Gasteiger partial charge is 0.416 e. The number of alkyl halides is 3. The summed E-state index contributed by atoms with van der Waals surface area (Å²) < 4.78 is 44.1. The zero-order valence-electron chi connectivity index (χ0n) is 13.9. The topological polar surface area (TPSA) is 24.5 Å². The summed E-state index contributed by atoms with van der Waals surface area (Å²) >= 11 is 0. The second-order valence-electron chi connectivity index (χ2n) is 6.39. The summed E-state index contributed by atoms with van der Waals surface area (Å²) in [6.07, 6.45) is -3.46. The molecule has 23 heavy (non-hydrogen) atoms. The highest BCUT2D eigenvalue weighted by Crippen LogP contribution is 2.38. The van der Waals surface area contributed by atoms with Crippen LogP contribution < -0.4 is 10.1 Å². The van der Waals surface area contributed by atoms with Gasteiger partial charge in [0.25, 0.3) is 0 Å². The largest absolute Gasteiger partial charge is 0.496 e. The van der Waals surface area contributed by atoms with Crippen LogP contribution >= 0.6 is 0 Å². The molecule has 0 unspecified atom stereocenters. The molecule has 0 bridgehead atoms. The van der Waals surface area contributed by atoms with Crippen molar-refractivity contribution in [2.75, 3.05) is 33.3 Å². The minimum atomic E-state index is -4.35. The number of benzene rings is 1. The van der Waals surface area contributed by atoms with Crippen LogP contribution in [0.1, 0.15) is 37.4 Å². The quantitative estimate of drug-likeness (QED) is 0.891. The lowest BCUT2D eigenvalue weighted by Crippen LogP contribution is -2.45. The van der Waals surface area contributed by atoms with Gasteiger partial charge in [-0.05, 0) is 24.5 Å². The van der Waals surface area contributed by atoms with Gasteiger partial charge in [0.15, 0.2) is 0 Å². The monoisotopic (exact) mass is 330 g/mol. The standard InChI is InChI=1S/C17H25F3N2O/c1-12(2)10-15(22-8-6-21-7-9-22)14-5-4-13(17(18,19)20)11-16(14)23-3/h4-5,11-12,15,21H,6-10H2,1-3H3/t15-/m1/s1. The van der Waals surface area contributed by atoms with Gasteiger partial charge in [0, 0.05) is 37.8 Å². The first kappa shape index (κ1) is 18.1. The van der Waals surface area contributed by atoms with E-state index in [1.807, 2.05) is 0 Å². The van der Waals surface area contributed by atoms with Crippen molar-refractivity contribution in [1.82, 2.24) is 10.2 Å². The number of hydrogen-bond acceptors (Lipinski definition) is 3. The van der Waals surface area contributed by atoms with E-state index in [1.54, 1.807) is 6.07 Å². The van der Waals surface area contributed by atoms with Gasteiger partial charge in [-0.15, -0.1) is 0 Å². The molecule has 0 saturated carbocycles. The third kappa shape index (κ3) is 4.61. The lowest BCUT2D eigenvalue weighted by Gasteiger charge is -2.36. The van der Waals surface area contributed by atoms with E-state index in [0.717, 1.165) is 50.3 Å². The van der Waals surface area contributed by atoms with E-state index in [0.29, 0.717) is 11.7 Å². The molecule has 2 rings (SSSR count). The van der Waals surface area contributed by atoms with E-state index in [4.69, 9.17) is 4.74 Å². The molecule has 1 aromatic rings. The molecule has 1 aliphatic rings. The van der Waals surface area contributed by atoms with Crippen molar-refractivity contribution < 1.29 is 17.9 Å². The Labute approximate surface area is 135 Å². The number of methoxy groups -OCH3 is 1. The van der Waals surface area contributed by atoms with Crippen molar-refractivity contribution >= 4 is 0 Å². The van der Waals surface area contributed by atoms with Crippen LogP contribution in [0.4, 0.5) is 13.2 Å². The number of halogens is 3. The van der Waals surface area contributed by atoms with E-state index in [9.17, 15) is 13.2 Å². The molecule has 0 aromatic heterocycles. The van der Waals surface area contributed by atoms with Gasteiger partial charge < -0.3 is 10.1 Å². The second kappa shape index (κ2) is 7.53. The molecular weight excluding hydrogens is 305 g/mol. The maximum atomic E-state index is 12.9. The lowest BCUT2D eigenvalue weighted by atomic mass is 9.93. The summed E-state index contributed by atoms with van der Waals surface area (Å²) in [4.78, 5) is 2.33. The Kier molecular flexibility index (Phi) is 5.92. The predicted molar refractivity (Wildman–Crippen MR) is 84.6 cm³/mol. The molecule has 0 spiro atoms. The zero-order valence-corrected chi connectivity index (χ0v) is 13.9. The maximum Gasteiger partial charge on any atom is 0.416 e. The fraction of sp³-hybridized carbons (Fsp3) is 0.647. The van der Waals surface area contributed by atoms with E-state index < -0.39 is 11.7 Å². The predicted octanol–water partition coefficient (Wildman–Crippen LogP) is 3.71. The molecule has 1 aliphatic heterocycles. The highest BCUT2D eigenvalue weighted by molar-refractivity contribution is 5.41. The minimum Gasteiger partial charge on any atom is -0.496 e. The first-order valence-corrected chi connectivity index (χ1v) is 8.02. The van der Waals surface area contributed by atoms with E-state index in [-0.39, 0.29) is 6.04 Å². The summed E-state index contributed by atoms with van der Waals surface area (Å²) in [6, 6.07) is 3.93. The third-order valence-electron chi connectivity index (χ3n) is 4.21. The summed E-state index contributed by atoms with van der Waals surface area (Å²) in [7, 11) is 1.43. The van der Waals surface area contributed by atoms with Gasteiger partial charge in [0.05, 0.1) is 12.7 Å². The van der Waals surface area contributed by atoms with Gasteiger partial charge in [-0.25, -0.2) is 0 Å². The normalized spacial score (nSPS) is 18.2. The molecule has 1 heterocycles. The van der Waals surface area contributed by atoms with Crippen LogP contribution in [0, 0.1) is 5.92 Å². The van der Waals surface area contributed by atoms with Crippen LogP contribution in [0.3, 0.4) is 0 Å². The van der Waals surface area contributed by atoms with Crippen LogP contribution in [-0.4, -0.2) is 38.2 Å². The Bertz CT molecular complexity index is 511. The van der Waals surface area contributed by atoms with Crippen LogP contribution in [0.15, 0.2) is 18.2 Å². The second-order valence-corrected chi connectivity index (χ2v) is 6.39. The Balaban J connectivity index is 2.36. The lowest BCUT2D eigenvalue weighted by molar-refractivity contribution is -0.137. The van der Waals surface area contributed by atoms with Crippen molar-refractivity contribution in [3.8, 4) is 5.75 Å². The summed E-state index contributed by atoms with van der Waals surface area (Å²) in [5.41, 5.74) is 0.179. The van der Waals surface area contributed by atoms with Crippen LogP contribution in [-0.2, 0) is 6.18 Å². The Hall–Kier alpha value is -1.27. The molecule has 3 nitrogen and oxygen atoms in total. The van der Waals surface area contributed by atoms with Crippen LogP contribution in [0.25, 0.3) is 0 Å². The number of ether oxygens (including phenoxy) is 1. The van der Waals surface area contributed by atoms with Gasteiger partial charge in [0.1, 0.15) is 5.75 Å². The SMILES string of the molecule is COc1cc(C(F)(F)F)ccc1[C@@H](CC(C)C)N1CCNCC1. The summed E-state index contributed by atoms with van der Waals surface area (Å²) in [5, 5.41) is 3.31. The number of piperazine rings is 1. The zero-order chi connectivity index (χ0) is 17.0. The average Bonchev–Trinajstić information content (AvgIpc) is 2.52. The molecule has 130 valence electrons. The van der Waals surface area contributed by atoms with Gasteiger partial charge in [-0.1, -0.05) is 19.9 Å². The minimum absolute atomic E-state index is 0.0781. The van der Waals surface area contributed by atoms with E-state index >= 15 is 0 Å². The molecule has 1 atom stereocenters. The van der Waals surface area contributed by atoms with Crippen molar-refractivity contribution in [2.45, 2.75) is 32.5 Å². The van der Waals surface area contributed by atoms with Crippen molar-refractivity contribution in [3.63, 3.8) is 0 Å². The fourth-order valence-corrected chi connectivity index (χ4v) is 3.08. The molecule has 0 aliphatic carbocycles. The highest BCUT2D eigenvalue weighted by Gasteiger charge is 2.33. The molecule has 1 aromatic carbocycles. The highest BCUT2D eigenvalue weighted by atomic mass is 19.4.